The molecule has 3 rings (SSSR count). The Bertz CT molecular complexity index is 797. The van der Waals surface area contributed by atoms with Crippen LogP contribution in [0.4, 0.5) is 0 Å². The minimum atomic E-state index is 0.660. The van der Waals surface area contributed by atoms with Crippen LogP contribution in [0.25, 0.3) is 5.82 Å². The standard InChI is InChI=1S/C18H21N7/c1-19-18(23-9-6-16-4-2-3-7-21-16)24-13-15-5-8-22-17(12-15)25-11-10-20-14-25/h2-5,7-8,10-12,14H,6,9,13H2,1H3,(H2,19,23,24). The first-order valence-electron chi connectivity index (χ1n) is 8.13. The van der Waals surface area contributed by atoms with Crippen molar-refractivity contribution >= 4 is 5.96 Å². The number of imidazole rings is 1. The molecule has 25 heavy (non-hydrogen) atoms. The highest BCUT2D eigenvalue weighted by molar-refractivity contribution is 5.79. The summed E-state index contributed by atoms with van der Waals surface area (Å²) in [5.41, 5.74) is 2.18. The van der Waals surface area contributed by atoms with Gasteiger partial charge in [0.25, 0.3) is 0 Å². The lowest BCUT2D eigenvalue weighted by molar-refractivity contribution is 0.783. The minimum absolute atomic E-state index is 0.660. The van der Waals surface area contributed by atoms with Crippen LogP contribution >= 0.6 is 0 Å². The van der Waals surface area contributed by atoms with Gasteiger partial charge in [-0.1, -0.05) is 6.07 Å². The summed E-state index contributed by atoms with van der Waals surface area (Å²) in [5.74, 6) is 1.60. The van der Waals surface area contributed by atoms with Crippen molar-refractivity contribution in [1.29, 1.82) is 0 Å². The SMILES string of the molecule is CN=C(NCCc1ccccn1)NCc1ccnc(-n2ccnc2)c1. The lowest BCUT2D eigenvalue weighted by atomic mass is 10.2. The van der Waals surface area contributed by atoms with Crippen LogP contribution < -0.4 is 10.6 Å². The van der Waals surface area contributed by atoms with E-state index in [1.165, 1.54) is 0 Å². The molecule has 0 atom stereocenters. The zero-order valence-electron chi connectivity index (χ0n) is 14.1. The predicted molar refractivity (Wildman–Crippen MR) is 97.5 cm³/mol. The van der Waals surface area contributed by atoms with E-state index in [9.17, 15) is 0 Å². The highest BCUT2D eigenvalue weighted by Gasteiger charge is 2.02. The van der Waals surface area contributed by atoms with E-state index in [1.54, 1.807) is 25.8 Å². The molecular weight excluding hydrogens is 314 g/mol. The zero-order chi connectivity index (χ0) is 17.3. The third-order valence-electron chi connectivity index (χ3n) is 3.66. The normalized spacial score (nSPS) is 11.3. The smallest absolute Gasteiger partial charge is 0.191 e. The van der Waals surface area contributed by atoms with E-state index in [0.29, 0.717) is 6.54 Å². The van der Waals surface area contributed by atoms with Crippen molar-refractivity contribution in [2.45, 2.75) is 13.0 Å². The molecule has 0 saturated heterocycles. The van der Waals surface area contributed by atoms with Crippen molar-refractivity contribution in [1.82, 2.24) is 30.2 Å². The van der Waals surface area contributed by atoms with Gasteiger partial charge in [-0.3, -0.25) is 14.5 Å². The summed E-state index contributed by atoms with van der Waals surface area (Å²) in [5, 5.41) is 6.61. The third-order valence-corrected chi connectivity index (χ3v) is 3.66. The van der Waals surface area contributed by atoms with E-state index in [1.807, 2.05) is 47.3 Å². The molecule has 0 aliphatic heterocycles. The van der Waals surface area contributed by atoms with Gasteiger partial charge in [-0.05, 0) is 29.8 Å². The maximum Gasteiger partial charge on any atom is 0.191 e. The molecule has 0 bridgehead atoms. The van der Waals surface area contributed by atoms with Crippen LogP contribution in [0.5, 0.6) is 0 Å². The molecule has 0 radical (unpaired) electrons. The first kappa shape index (κ1) is 16.6. The number of rotatable bonds is 6. The van der Waals surface area contributed by atoms with E-state index in [4.69, 9.17) is 0 Å². The Morgan fingerprint density at radius 2 is 2.08 bits per heavy atom. The van der Waals surface area contributed by atoms with Gasteiger partial charge >= 0.3 is 0 Å². The second-order valence-electron chi connectivity index (χ2n) is 5.42. The Balaban J connectivity index is 1.50. The number of nitrogens with one attached hydrogen (secondary N) is 2. The summed E-state index contributed by atoms with van der Waals surface area (Å²) in [7, 11) is 1.76. The molecule has 7 heteroatoms. The summed E-state index contributed by atoms with van der Waals surface area (Å²) in [6.45, 7) is 1.43. The third kappa shape index (κ3) is 4.87. The van der Waals surface area contributed by atoms with Gasteiger partial charge in [-0.25, -0.2) is 9.97 Å². The Morgan fingerprint density at radius 3 is 2.84 bits per heavy atom. The first-order valence-corrected chi connectivity index (χ1v) is 8.13. The highest BCUT2D eigenvalue weighted by Crippen LogP contribution is 2.06. The predicted octanol–water partition coefficient (Wildman–Crippen LogP) is 1.57. The summed E-state index contributed by atoms with van der Waals surface area (Å²) in [6.07, 6.45) is 9.80. The number of hydrogen-bond acceptors (Lipinski definition) is 4. The number of guanidine groups is 1. The molecule has 3 aromatic heterocycles. The monoisotopic (exact) mass is 335 g/mol. The topological polar surface area (TPSA) is 80.0 Å². The number of aliphatic imine (C=N–C) groups is 1. The Kier molecular flexibility index (Phi) is 5.71. The van der Waals surface area contributed by atoms with E-state index in [0.717, 1.165) is 36.0 Å². The van der Waals surface area contributed by atoms with Crippen LogP contribution in [-0.2, 0) is 13.0 Å². The molecule has 0 amide bonds. The van der Waals surface area contributed by atoms with Crippen molar-refractivity contribution in [3.05, 3.63) is 72.7 Å². The average Bonchev–Trinajstić information content (AvgIpc) is 3.20. The minimum Gasteiger partial charge on any atom is -0.356 e. The largest absolute Gasteiger partial charge is 0.356 e. The van der Waals surface area contributed by atoms with Gasteiger partial charge in [0.2, 0.25) is 0 Å². The van der Waals surface area contributed by atoms with Crippen LogP contribution in [0.3, 0.4) is 0 Å². The van der Waals surface area contributed by atoms with Crippen LogP contribution in [0.2, 0.25) is 0 Å². The second kappa shape index (κ2) is 8.58. The Morgan fingerprint density at radius 1 is 1.12 bits per heavy atom. The molecule has 3 heterocycles. The molecular formula is C18H21N7. The summed E-state index contributed by atoms with van der Waals surface area (Å²) in [4.78, 5) is 17.0. The summed E-state index contributed by atoms with van der Waals surface area (Å²) >= 11 is 0. The molecule has 0 aliphatic rings. The zero-order valence-corrected chi connectivity index (χ0v) is 14.1. The van der Waals surface area contributed by atoms with Gasteiger partial charge in [0.1, 0.15) is 12.1 Å². The number of pyridine rings is 2. The van der Waals surface area contributed by atoms with Gasteiger partial charge in [0.05, 0.1) is 0 Å². The highest BCUT2D eigenvalue weighted by atomic mass is 15.2. The fourth-order valence-corrected chi connectivity index (χ4v) is 2.37. The molecule has 2 N–H and O–H groups in total. The van der Waals surface area contributed by atoms with E-state index in [-0.39, 0.29) is 0 Å². The fraction of sp³-hybridized carbons (Fsp3) is 0.222. The molecule has 128 valence electrons. The molecule has 0 aliphatic carbocycles. The summed E-state index contributed by atoms with van der Waals surface area (Å²) in [6, 6.07) is 9.94. The second-order valence-corrected chi connectivity index (χ2v) is 5.42. The van der Waals surface area contributed by atoms with Crippen molar-refractivity contribution in [3.63, 3.8) is 0 Å². The number of nitrogens with zero attached hydrogens (tertiary/aromatic N) is 5. The van der Waals surface area contributed by atoms with Crippen molar-refractivity contribution < 1.29 is 0 Å². The molecule has 0 fully saturated rings. The lowest BCUT2D eigenvalue weighted by Gasteiger charge is -2.12. The molecule has 0 unspecified atom stereocenters. The van der Waals surface area contributed by atoms with Crippen molar-refractivity contribution in [3.8, 4) is 5.82 Å². The van der Waals surface area contributed by atoms with Gasteiger partial charge < -0.3 is 10.6 Å². The average molecular weight is 335 g/mol. The van der Waals surface area contributed by atoms with Crippen LogP contribution in [0.1, 0.15) is 11.3 Å². The van der Waals surface area contributed by atoms with Crippen LogP contribution in [0, 0.1) is 0 Å². The van der Waals surface area contributed by atoms with E-state index in [2.05, 4.69) is 30.6 Å². The Labute approximate surface area is 146 Å². The molecule has 3 aromatic rings. The summed E-state index contributed by atoms with van der Waals surface area (Å²) < 4.78 is 1.88. The van der Waals surface area contributed by atoms with Gasteiger partial charge in [-0.2, -0.15) is 0 Å². The van der Waals surface area contributed by atoms with Crippen LogP contribution in [-0.4, -0.2) is 39.1 Å². The molecule has 0 saturated carbocycles. The van der Waals surface area contributed by atoms with Crippen molar-refractivity contribution in [2.75, 3.05) is 13.6 Å². The molecule has 0 spiro atoms. The van der Waals surface area contributed by atoms with E-state index >= 15 is 0 Å². The van der Waals surface area contributed by atoms with Gasteiger partial charge in [0.15, 0.2) is 5.96 Å². The number of aromatic nitrogens is 4. The maximum atomic E-state index is 4.35. The van der Waals surface area contributed by atoms with Gasteiger partial charge in [0, 0.05) is 57.0 Å². The van der Waals surface area contributed by atoms with Crippen LogP contribution in [0.15, 0.2) is 66.4 Å². The molecule has 7 nitrogen and oxygen atoms in total. The van der Waals surface area contributed by atoms with E-state index < -0.39 is 0 Å². The van der Waals surface area contributed by atoms with Crippen molar-refractivity contribution in [2.24, 2.45) is 4.99 Å². The fourth-order valence-electron chi connectivity index (χ4n) is 2.37. The maximum absolute atomic E-state index is 4.35. The van der Waals surface area contributed by atoms with Gasteiger partial charge in [-0.15, -0.1) is 0 Å². The first-order chi connectivity index (χ1) is 12.3. The molecule has 0 aromatic carbocycles. The lowest BCUT2D eigenvalue weighted by Crippen LogP contribution is -2.37. The quantitative estimate of drug-likeness (QED) is 0.528. The Hall–Kier alpha value is -3.22. The number of hydrogen-bond donors (Lipinski definition) is 2.